The Balaban J connectivity index is 1.91. The van der Waals surface area contributed by atoms with Crippen LogP contribution in [-0.2, 0) is 4.79 Å². The van der Waals surface area contributed by atoms with E-state index in [4.69, 9.17) is 9.47 Å². The number of benzene rings is 2. The molecule has 150 valence electrons. The molecular weight excluding hydrogens is 348 g/mol. The van der Waals surface area contributed by atoms with E-state index in [0.717, 1.165) is 29.8 Å². The smallest absolute Gasteiger partial charge is 0.127 e. The molecule has 0 aliphatic carbocycles. The molecule has 2 aromatic rings. The van der Waals surface area contributed by atoms with Gasteiger partial charge in [-0.15, -0.1) is 0 Å². The zero-order valence-electron chi connectivity index (χ0n) is 17.3. The van der Waals surface area contributed by atoms with Crippen molar-refractivity contribution in [2.75, 3.05) is 13.7 Å². The molecule has 0 radical (unpaired) electrons. The van der Waals surface area contributed by atoms with Gasteiger partial charge in [0, 0.05) is 5.92 Å². The zero-order valence-corrected chi connectivity index (χ0v) is 17.3. The first-order chi connectivity index (χ1) is 13.7. The summed E-state index contributed by atoms with van der Waals surface area (Å²) in [7, 11) is 1.63. The summed E-state index contributed by atoms with van der Waals surface area (Å²) in [4.78, 5) is 11.5. The minimum atomic E-state index is -0.196. The Morgan fingerprint density at radius 3 is 2.46 bits per heavy atom. The van der Waals surface area contributed by atoms with E-state index < -0.39 is 0 Å². The molecule has 2 unspecified atom stereocenters. The maximum absolute atomic E-state index is 11.5. The largest absolute Gasteiger partial charge is 0.497 e. The second-order valence-electron chi connectivity index (χ2n) is 7.09. The fourth-order valence-corrected chi connectivity index (χ4v) is 3.11. The molecule has 0 spiro atoms. The first-order valence-electron chi connectivity index (χ1n) is 10.2. The van der Waals surface area contributed by atoms with Crippen LogP contribution in [0.25, 0.3) is 0 Å². The molecule has 0 amide bonds. The van der Waals surface area contributed by atoms with Gasteiger partial charge >= 0.3 is 0 Å². The van der Waals surface area contributed by atoms with Crippen LogP contribution < -0.4 is 9.47 Å². The van der Waals surface area contributed by atoms with Crippen molar-refractivity contribution in [1.82, 2.24) is 0 Å². The van der Waals surface area contributed by atoms with Gasteiger partial charge in [0.05, 0.1) is 13.7 Å². The van der Waals surface area contributed by atoms with E-state index in [1.54, 1.807) is 7.11 Å². The highest BCUT2D eigenvalue weighted by Gasteiger charge is 2.12. The van der Waals surface area contributed by atoms with Gasteiger partial charge in [0.15, 0.2) is 0 Å². The normalized spacial score (nSPS) is 13.2. The van der Waals surface area contributed by atoms with Crippen LogP contribution in [0.2, 0.25) is 0 Å². The topological polar surface area (TPSA) is 35.5 Å². The molecule has 0 fully saturated rings. The van der Waals surface area contributed by atoms with Crippen molar-refractivity contribution < 1.29 is 14.3 Å². The van der Waals surface area contributed by atoms with E-state index in [9.17, 15) is 4.79 Å². The molecule has 2 aromatic carbocycles. The van der Waals surface area contributed by atoms with Crippen molar-refractivity contribution in [1.29, 1.82) is 0 Å². The molecule has 28 heavy (non-hydrogen) atoms. The van der Waals surface area contributed by atoms with Crippen molar-refractivity contribution >= 4 is 6.29 Å². The van der Waals surface area contributed by atoms with Crippen molar-refractivity contribution in [2.45, 2.75) is 51.4 Å². The van der Waals surface area contributed by atoms with E-state index in [0.29, 0.717) is 18.9 Å². The second-order valence-corrected chi connectivity index (χ2v) is 7.09. The third-order valence-electron chi connectivity index (χ3n) is 4.92. The Hall–Kier alpha value is -2.55. The number of carbonyl (C=O) groups excluding carboxylic acids is 1. The predicted octanol–water partition coefficient (Wildman–Crippen LogP) is 6.30. The van der Waals surface area contributed by atoms with E-state index in [1.165, 1.54) is 18.4 Å². The highest BCUT2D eigenvalue weighted by Crippen LogP contribution is 2.25. The molecule has 0 aliphatic heterocycles. The van der Waals surface area contributed by atoms with E-state index in [-0.39, 0.29) is 5.92 Å². The van der Waals surface area contributed by atoms with Crippen molar-refractivity contribution in [3.05, 3.63) is 71.8 Å². The average Bonchev–Trinajstić information content (AvgIpc) is 2.74. The molecule has 3 heteroatoms. The Morgan fingerprint density at radius 2 is 1.75 bits per heavy atom. The first kappa shape index (κ1) is 21.7. The van der Waals surface area contributed by atoms with Gasteiger partial charge in [-0.1, -0.05) is 63.1 Å². The quantitative estimate of drug-likeness (QED) is 0.246. The number of rotatable bonds is 12. The fraction of sp³-hybridized carbons (Fsp3) is 0.400. The van der Waals surface area contributed by atoms with Crippen LogP contribution in [-0.4, -0.2) is 20.0 Å². The summed E-state index contributed by atoms with van der Waals surface area (Å²) >= 11 is 0. The van der Waals surface area contributed by atoms with Gasteiger partial charge in [0.1, 0.15) is 17.8 Å². The monoisotopic (exact) mass is 380 g/mol. The van der Waals surface area contributed by atoms with Crippen molar-refractivity contribution in [2.24, 2.45) is 0 Å². The predicted molar refractivity (Wildman–Crippen MR) is 115 cm³/mol. The summed E-state index contributed by atoms with van der Waals surface area (Å²) in [5.41, 5.74) is 2.20. The first-order valence-corrected chi connectivity index (χ1v) is 10.2. The number of aldehydes is 1. The molecule has 0 aromatic heterocycles. The molecule has 0 N–H and O–H groups in total. The van der Waals surface area contributed by atoms with Gasteiger partial charge in [-0.2, -0.15) is 0 Å². The second kappa shape index (κ2) is 12.0. The maximum atomic E-state index is 11.5. The minimum absolute atomic E-state index is 0.196. The number of allylic oxidation sites excluding steroid dienone is 2. The van der Waals surface area contributed by atoms with E-state index >= 15 is 0 Å². The molecule has 0 saturated heterocycles. The lowest BCUT2D eigenvalue weighted by molar-refractivity contribution is -0.109. The van der Waals surface area contributed by atoms with Crippen LogP contribution >= 0.6 is 0 Å². The lowest BCUT2D eigenvalue weighted by Crippen LogP contribution is -2.07. The summed E-state index contributed by atoms with van der Waals surface area (Å²) in [6.45, 7) is 4.90. The SMILES string of the molecule is CCCC/C=C/C(C)c1cccc(OCCC(C=O)c2cccc(OC)c2)c1. The van der Waals surface area contributed by atoms with Gasteiger partial charge in [0.25, 0.3) is 0 Å². The molecular formula is C25H32O3. The number of unbranched alkanes of at least 4 members (excludes halogenated alkanes) is 2. The standard InChI is InChI=1S/C25H32O3/c1-4-5-6-7-10-20(2)21-11-8-14-25(17-21)28-16-15-23(19-26)22-12-9-13-24(18-22)27-3/h7-14,17-20,23H,4-6,15-16H2,1-3H3/b10-7+. The van der Waals surface area contributed by atoms with Gasteiger partial charge in [-0.25, -0.2) is 0 Å². The maximum Gasteiger partial charge on any atom is 0.127 e. The Labute approximate surface area is 169 Å². The fourth-order valence-electron chi connectivity index (χ4n) is 3.11. The number of hydrogen-bond donors (Lipinski definition) is 0. The van der Waals surface area contributed by atoms with Gasteiger partial charge in [-0.05, 0) is 54.2 Å². The lowest BCUT2D eigenvalue weighted by Gasteiger charge is -2.14. The van der Waals surface area contributed by atoms with Crippen molar-refractivity contribution in [3.8, 4) is 11.5 Å². The summed E-state index contributed by atoms with van der Waals surface area (Å²) in [6, 6.07) is 15.9. The lowest BCUT2D eigenvalue weighted by atomic mass is 9.97. The number of hydrogen-bond acceptors (Lipinski definition) is 3. The molecule has 0 bridgehead atoms. The van der Waals surface area contributed by atoms with Crippen LogP contribution in [0.1, 0.15) is 62.5 Å². The molecule has 2 atom stereocenters. The number of methoxy groups -OCH3 is 1. The number of carbonyl (C=O) groups is 1. The third kappa shape index (κ3) is 6.88. The molecule has 0 aliphatic rings. The molecule has 2 rings (SSSR count). The van der Waals surface area contributed by atoms with Gasteiger partial charge in [0.2, 0.25) is 0 Å². The summed E-state index contributed by atoms with van der Waals surface area (Å²) < 4.78 is 11.2. The van der Waals surface area contributed by atoms with Gasteiger partial charge in [-0.3, -0.25) is 0 Å². The average molecular weight is 381 g/mol. The van der Waals surface area contributed by atoms with Crippen LogP contribution in [0.3, 0.4) is 0 Å². The third-order valence-corrected chi connectivity index (χ3v) is 4.92. The zero-order chi connectivity index (χ0) is 20.2. The summed E-state index contributed by atoms with van der Waals surface area (Å²) in [5, 5.41) is 0. The van der Waals surface area contributed by atoms with Gasteiger partial charge < -0.3 is 14.3 Å². The van der Waals surface area contributed by atoms with Crippen LogP contribution in [0.15, 0.2) is 60.7 Å². The van der Waals surface area contributed by atoms with Crippen molar-refractivity contribution in [3.63, 3.8) is 0 Å². The van der Waals surface area contributed by atoms with Crippen LogP contribution in [0, 0.1) is 0 Å². The van der Waals surface area contributed by atoms with E-state index in [2.05, 4.69) is 38.1 Å². The number of ether oxygens (including phenoxy) is 2. The molecule has 0 saturated carbocycles. The summed E-state index contributed by atoms with van der Waals surface area (Å²) in [6.07, 6.45) is 9.74. The minimum Gasteiger partial charge on any atom is -0.497 e. The highest BCUT2D eigenvalue weighted by molar-refractivity contribution is 5.62. The van der Waals surface area contributed by atoms with E-state index in [1.807, 2.05) is 36.4 Å². The molecule has 0 heterocycles. The Bertz CT molecular complexity index is 751. The van der Waals surface area contributed by atoms with Crippen LogP contribution in [0.4, 0.5) is 0 Å². The Morgan fingerprint density at radius 1 is 1.04 bits per heavy atom. The highest BCUT2D eigenvalue weighted by atomic mass is 16.5. The Kier molecular flexibility index (Phi) is 9.33. The van der Waals surface area contributed by atoms with Crippen LogP contribution in [0.5, 0.6) is 11.5 Å². The molecule has 3 nitrogen and oxygen atoms in total. The summed E-state index contributed by atoms with van der Waals surface area (Å²) in [5.74, 6) is 1.78.